The molecule has 3 N–H and O–H groups in total. The minimum Gasteiger partial charge on any atom is -0.395 e. The molecule has 0 saturated carbocycles. The van der Waals surface area contributed by atoms with E-state index in [4.69, 9.17) is 5.11 Å². The molecule has 0 radical (unpaired) electrons. The van der Waals surface area contributed by atoms with Crippen molar-refractivity contribution in [3.05, 3.63) is 0 Å². The Labute approximate surface area is 85.9 Å². The van der Waals surface area contributed by atoms with Crippen LogP contribution in [0.1, 0.15) is 19.8 Å². The van der Waals surface area contributed by atoms with E-state index in [9.17, 15) is 5.11 Å². The number of rotatable bonds is 6. The van der Waals surface area contributed by atoms with E-state index in [2.05, 4.69) is 10.2 Å². The van der Waals surface area contributed by atoms with Crippen LogP contribution >= 0.6 is 0 Å². The lowest BCUT2D eigenvalue weighted by Crippen LogP contribution is -2.41. The van der Waals surface area contributed by atoms with Crippen LogP contribution in [-0.2, 0) is 0 Å². The molecule has 1 rings (SSSR count). The summed E-state index contributed by atoms with van der Waals surface area (Å²) in [6.45, 7) is 5.58. The zero-order valence-electron chi connectivity index (χ0n) is 8.95. The van der Waals surface area contributed by atoms with Crippen molar-refractivity contribution in [3.8, 4) is 0 Å². The van der Waals surface area contributed by atoms with E-state index in [0.717, 1.165) is 19.6 Å². The van der Waals surface area contributed by atoms with Gasteiger partial charge in [-0.05, 0) is 32.9 Å². The van der Waals surface area contributed by atoms with Crippen LogP contribution in [0.4, 0.5) is 0 Å². The number of nitrogens with one attached hydrogen (secondary N) is 1. The second kappa shape index (κ2) is 6.35. The van der Waals surface area contributed by atoms with Crippen molar-refractivity contribution in [2.45, 2.75) is 31.9 Å². The monoisotopic (exact) mass is 202 g/mol. The Balaban J connectivity index is 2.05. The molecule has 0 aliphatic carbocycles. The molecule has 1 heterocycles. The Morgan fingerprint density at radius 2 is 2.00 bits per heavy atom. The van der Waals surface area contributed by atoms with Crippen LogP contribution in [0.15, 0.2) is 0 Å². The summed E-state index contributed by atoms with van der Waals surface area (Å²) in [7, 11) is 0. The summed E-state index contributed by atoms with van der Waals surface area (Å²) in [6, 6.07) is 0.0724. The van der Waals surface area contributed by atoms with E-state index >= 15 is 0 Å². The molecule has 84 valence electrons. The fourth-order valence-corrected chi connectivity index (χ4v) is 1.73. The minimum atomic E-state index is -0.318. The molecule has 0 aromatic heterocycles. The van der Waals surface area contributed by atoms with Crippen LogP contribution in [0, 0.1) is 0 Å². The molecule has 4 nitrogen and oxygen atoms in total. The largest absolute Gasteiger partial charge is 0.395 e. The van der Waals surface area contributed by atoms with Crippen LogP contribution in [0.25, 0.3) is 0 Å². The maximum absolute atomic E-state index is 9.67. The lowest BCUT2D eigenvalue weighted by molar-refractivity contribution is 0.117. The van der Waals surface area contributed by atoms with Gasteiger partial charge in [0, 0.05) is 19.1 Å². The van der Waals surface area contributed by atoms with Gasteiger partial charge in [0.15, 0.2) is 0 Å². The van der Waals surface area contributed by atoms with Gasteiger partial charge in [-0.3, -0.25) is 0 Å². The molecule has 1 saturated heterocycles. The van der Waals surface area contributed by atoms with Gasteiger partial charge in [-0.1, -0.05) is 0 Å². The standard InChI is InChI=1S/C10H22N2O2/c1-9(8-13)11-6-10(14)7-12-4-2-3-5-12/h9-11,13-14H,2-8H2,1H3. The zero-order chi connectivity index (χ0) is 10.4. The molecule has 2 unspecified atom stereocenters. The van der Waals surface area contributed by atoms with E-state index in [1.54, 1.807) is 0 Å². The molecule has 1 aliphatic rings. The van der Waals surface area contributed by atoms with E-state index in [1.165, 1.54) is 12.8 Å². The highest BCUT2D eigenvalue weighted by Crippen LogP contribution is 2.07. The Morgan fingerprint density at radius 1 is 1.36 bits per heavy atom. The van der Waals surface area contributed by atoms with Gasteiger partial charge in [0.05, 0.1) is 12.7 Å². The van der Waals surface area contributed by atoms with E-state index < -0.39 is 0 Å². The first-order valence-electron chi connectivity index (χ1n) is 5.47. The first kappa shape index (κ1) is 11.9. The predicted octanol–water partition coefficient (Wildman–Crippen LogP) is -0.586. The Morgan fingerprint density at radius 3 is 2.57 bits per heavy atom. The first-order chi connectivity index (χ1) is 6.72. The third kappa shape index (κ3) is 4.37. The minimum absolute atomic E-state index is 0.0724. The van der Waals surface area contributed by atoms with E-state index in [1.807, 2.05) is 6.92 Å². The van der Waals surface area contributed by atoms with Crippen LogP contribution in [0.5, 0.6) is 0 Å². The Kier molecular flexibility index (Phi) is 5.40. The quantitative estimate of drug-likeness (QED) is 0.539. The molecule has 4 heteroatoms. The van der Waals surface area contributed by atoms with Crippen molar-refractivity contribution in [1.29, 1.82) is 0 Å². The van der Waals surface area contributed by atoms with E-state index in [-0.39, 0.29) is 18.8 Å². The van der Waals surface area contributed by atoms with Gasteiger partial charge in [0.2, 0.25) is 0 Å². The van der Waals surface area contributed by atoms with Gasteiger partial charge in [0.1, 0.15) is 0 Å². The second-order valence-electron chi connectivity index (χ2n) is 4.15. The normalized spacial score (nSPS) is 22.5. The van der Waals surface area contributed by atoms with Crippen molar-refractivity contribution < 1.29 is 10.2 Å². The number of aliphatic hydroxyl groups excluding tert-OH is 2. The lowest BCUT2D eigenvalue weighted by atomic mass is 10.3. The molecule has 0 aromatic carbocycles. The fraction of sp³-hybridized carbons (Fsp3) is 1.00. The molecular formula is C10H22N2O2. The first-order valence-corrected chi connectivity index (χ1v) is 5.47. The Bertz CT molecular complexity index is 149. The van der Waals surface area contributed by atoms with Crippen LogP contribution in [0.3, 0.4) is 0 Å². The van der Waals surface area contributed by atoms with Gasteiger partial charge in [-0.15, -0.1) is 0 Å². The van der Waals surface area contributed by atoms with Crippen molar-refractivity contribution in [2.75, 3.05) is 32.8 Å². The third-order valence-corrected chi connectivity index (χ3v) is 2.64. The van der Waals surface area contributed by atoms with E-state index in [0.29, 0.717) is 6.54 Å². The van der Waals surface area contributed by atoms with Crippen molar-refractivity contribution in [3.63, 3.8) is 0 Å². The molecule has 0 bridgehead atoms. The average molecular weight is 202 g/mol. The molecular weight excluding hydrogens is 180 g/mol. The average Bonchev–Trinajstić information content (AvgIpc) is 2.66. The number of likely N-dealkylation sites (tertiary alicyclic amines) is 1. The number of hydrogen-bond acceptors (Lipinski definition) is 4. The lowest BCUT2D eigenvalue weighted by Gasteiger charge is -2.20. The summed E-state index contributed by atoms with van der Waals surface area (Å²) in [4.78, 5) is 2.29. The fourth-order valence-electron chi connectivity index (χ4n) is 1.73. The summed E-state index contributed by atoms with van der Waals surface area (Å²) < 4.78 is 0. The van der Waals surface area contributed by atoms with Gasteiger partial charge in [0.25, 0.3) is 0 Å². The third-order valence-electron chi connectivity index (χ3n) is 2.64. The SMILES string of the molecule is CC(CO)NCC(O)CN1CCCC1. The highest BCUT2D eigenvalue weighted by atomic mass is 16.3. The molecule has 0 amide bonds. The molecule has 0 spiro atoms. The molecule has 0 aromatic rings. The van der Waals surface area contributed by atoms with Crippen molar-refractivity contribution >= 4 is 0 Å². The summed E-state index contributed by atoms with van der Waals surface area (Å²) >= 11 is 0. The van der Waals surface area contributed by atoms with Gasteiger partial charge in [-0.25, -0.2) is 0 Å². The highest BCUT2D eigenvalue weighted by Gasteiger charge is 2.15. The summed E-state index contributed by atoms with van der Waals surface area (Å²) in [6.07, 6.45) is 2.20. The number of β-amino-alcohol motifs (C(OH)–C–C–N with tert-alkyl or cyclic N) is 1. The van der Waals surface area contributed by atoms with Crippen molar-refractivity contribution in [1.82, 2.24) is 10.2 Å². The number of aliphatic hydroxyl groups is 2. The number of nitrogens with zero attached hydrogens (tertiary/aromatic N) is 1. The maximum atomic E-state index is 9.67. The second-order valence-corrected chi connectivity index (χ2v) is 4.15. The molecule has 14 heavy (non-hydrogen) atoms. The smallest absolute Gasteiger partial charge is 0.0791 e. The van der Waals surface area contributed by atoms with Crippen molar-refractivity contribution in [2.24, 2.45) is 0 Å². The summed E-state index contributed by atoms with van der Waals surface area (Å²) in [5.41, 5.74) is 0. The highest BCUT2D eigenvalue weighted by molar-refractivity contribution is 4.72. The molecule has 1 fully saturated rings. The van der Waals surface area contributed by atoms with Gasteiger partial charge < -0.3 is 20.4 Å². The predicted molar refractivity (Wildman–Crippen MR) is 56.2 cm³/mol. The topological polar surface area (TPSA) is 55.7 Å². The van der Waals surface area contributed by atoms with Gasteiger partial charge in [-0.2, -0.15) is 0 Å². The summed E-state index contributed by atoms with van der Waals surface area (Å²) in [5.74, 6) is 0. The maximum Gasteiger partial charge on any atom is 0.0791 e. The Hall–Kier alpha value is -0.160. The van der Waals surface area contributed by atoms with Crippen LogP contribution < -0.4 is 5.32 Å². The molecule has 2 atom stereocenters. The summed E-state index contributed by atoms with van der Waals surface area (Å²) in [5, 5.41) is 21.5. The van der Waals surface area contributed by atoms with Crippen LogP contribution in [-0.4, -0.2) is 60.0 Å². The molecule has 1 aliphatic heterocycles. The van der Waals surface area contributed by atoms with Crippen LogP contribution in [0.2, 0.25) is 0 Å². The number of hydrogen-bond donors (Lipinski definition) is 3. The van der Waals surface area contributed by atoms with Gasteiger partial charge >= 0.3 is 0 Å². The zero-order valence-corrected chi connectivity index (χ0v) is 8.95.